The minimum Gasteiger partial charge on any atom is -0.355 e. The lowest BCUT2D eigenvalue weighted by molar-refractivity contribution is 0.0988. The van der Waals surface area contributed by atoms with Gasteiger partial charge < -0.3 is 4.98 Å². The normalized spacial score (nSPS) is 12.4. The summed E-state index contributed by atoms with van der Waals surface area (Å²) in [7, 11) is 1.68. The van der Waals surface area contributed by atoms with Crippen LogP contribution in [0, 0.1) is 13.8 Å². The molecule has 4 heterocycles. The topological polar surface area (TPSA) is 84.8 Å². The summed E-state index contributed by atoms with van der Waals surface area (Å²) in [5, 5.41) is 4.56. The van der Waals surface area contributed by atoms with Gasteiger partial charge in [0.1, 0.15) is 4.83 Å². The van der Waals surface area contributed by atoms with Gasteiger partial charge in [0.2, 0.25) is 0 Å². The lowest BCUT2D eigenvalue weighted by Gasteiger charge is -2.12. The van der Waals surface area contributed by atoms with Gasteiger partial charge >= 0.3 is 0 Å². The Balaban J connectivity index is 1.68. The highest BCUT2D eigenvalue weighted by Gasteiger charge is 2.26. The van der Waals surface area contributed by atoms with Gasteiger partial charge in [-0.15, -0.1) is 22.7 Å². The SMILES string of the molecule is CC(=O)c1c(C)[nH]c(C(=O)C(C)Sc2nc3scc(-c4cccs4)c3c(=O)n2C)c1C. The van der Waals surface area contributed by atoms with E-state index in [0.717, 1.165) is 10.4 Å². The van der Waals surface area contributed by atoms with Crippen LogP contribution in [-0.4, -0.2) is 31.4 Å². The summed E-state index contributed by atoms with van der Waals surface area (Å²) >= 11 is 4.27. The smallest absolute Gasteiger partial charge is 0.263 e. The lowest BCUT2D eigenvalue weighted by Crippen LogP contribution is -2.22. The Bertz CT molecular complexity index is 1380. The van der Waals surface area contributed by atoms with E-state index in [4.69, 9.17) is 0 Å². The fourth-order valence-electron chi connectivity index (χ4n) is 3.71. The van der Waals surface area contributed by atoms with E-state index >= 15 is 0 Å². The molecule has 0 aliphatic heterocycles. The first-order valence-electron chi connectivity index (χ1n) is 9.63. The first-order chi connectivity index (χ1) is 14.7. The van der Waals surface area contributed by atoms with Gasteiger partial charge in [0, 0.05) is 34.1 Å². The van der Waals surface area contributed by atoms with Crippen LogP contribution in [0.4, 0.5) is 0 Å². The van der Waals surface area contributed by atoms with E-state index < -0.39 is 5.25 Å². The maximum atomic E-state index is 13.1. The van der Waals surface area contributed by atoms with E-state index in [9.17, 15) is 14.4 Å². The van der Waals surface area contributed by atoms with E-state index in [0.29, 0.717) is 37.9 Å². The van der Waals surface area contributed by atoms with Crippen LogP contribution < -0.4 is 5.56 Å². The number of carbonyl (C=O) groups is 2. The molecule has 31 heavy (non-hydrogen) atoms. The highest BCUT2D eigenvalue weighted by molar-refractivity contribution is 8.00. The largest absolute Gasteiger partial charge is 0.355 e. The second kappa shape index (κ2) is 8.22. The molecule has 0 saturated heterocycles. The molecule has 0 bridgehead atoms. The van der Waals surface area contributed by atoms with Gasteiger partial charge in [-0.3, -0.25) is 19.0 Å². The second-order valence-electron chi connectivity index (χ2n) is 7.37. The molecule has 4 rings (SSSR count). The summed E-state index contributed by atoms with van der Waals surface area (Å²) in [6, 6.07) is 3.95. The van der Waals surface area contributed by atoms with Crippen molar-refractivity contribution >= 4 is 56.2 Å². The lowest BCUT2D eigenvalue weighted by atomic mass is 10.0. The maximum absolute atomic E-state index is 13.1. The predicted molar refractivity (Wildman–Crippen MR) is 128 cm³/mol. The molecule has 0 saturated carbocycles. The van der Waals surface area contributed by atoms with Gasteiger partial charge in [0.15, 0.2) is 16.7 Å². The first-order valence-corrected chi connectivity index (χ1v) is 12.3. The van der Waals surface area contributed by atoms with Gasteiger partial charge in [-0.25, -0.2) is 4.98 Å². The Morgan fingerprint density at radius 3 is 2.61 bits per heavy atom. The summed E-state index contributed by atoms with van der Waals surface area (Å²) < 4.78 is 1.51. The van der Waals surface area contributed by atoms with Crippen LogP contribution in [0.2, 0.25) is 0 Å². The van der Waals surface area contributed by atoms with Crippen molar-refractivity contribution in [2.24, 2.45) is 7.05 Å². The highest BCUT2D eigenvalue weighted by atomic mass is 32.2. The van der Waals surface area contributed by atoms with Crippen molar-refractivity contribution in [2.45, 2.75) is 38.1 Å². The number of thiophene rings is 2. The quantitative estimate of drug-likeness (QED) is 0.236. The molecule has 0 aromatic carbocycles. The fraction of sp³-hybridized carbons (Fsp3) is 0.273. The third kappa shape index (κ3) is 3.71. The van der Waals surface area contributed by atoms with E-state index in [-0.39, 0.29) is 17.1 Å². The Morgan fingerprint density at radius 1 is 1.26 bits per heavy atom. The third-order valence-electron chi connectivity index (χ3n) is 5.25. The van der Waals surface area contributed by atoms with Crippen molar-refractivity contribution in [3.8, 4) is 10.4 Å². The highest BCUT2D eigenvalue weighted by Crippen LogP contribution is 2.35. The number of hydrogen-bond donors (Lipinski definition) is 1. The predicted octanol–water partition coefficient (Wildman–Crippen LogP) is 5.23. The molecular weight excluding hydrogens is 450 g/mol. The van der Waals surface area contributed by atoms with E-state index in [2.05, 4.69) is 9.97 Å². The molecule has 0 aliphatic rings. The molecule has 1 unspecified atom stereocenters. The van der Waals surface area contributed by atoms with Gasteiger partial charge in [-0.1, -0.05) is 17.8 Å². The van der Waals surface area contributed by atoms with Crippen LogP contribution in [0.15, 0.2) is 32.8 Å². The number of thioether (sulfide) groups is 1. The van der Waals surface area contributed by atoms with Crippen molar-refractivity contribution in [1.82, 2.24) is 14.5 Å². The maximum Gasteiger partial charge on any atom is 0.263 e. The number of Topliss-reactive ketones (excluding diaryl/α,β-unsaturated/α-hetero) is 2. The molecular formula is C22H21N3O3S3. The zero-order valence-electron chi connectivity index (χ0n) is 17.7. The van der Waals surface area contributed by atoms with Crippen LogP contribution in [0.25, 0.3) is 20.7 Å². The molecule has 1 N–H and O–H groups in total. The van der Waals surface area contributed by atoms with Crippen LogP contribution in [-0.2, 0) is 7.05 Å². The minimum atomic E-state index is -0.483. The number of hydrogen-bond acceptors (Lipinski definition) is 7. The number of aromatic nitrogens is 3. The summed E-state index contributed by atoms with van der Waals surface area (Å²) in [5.41, 5.74) is 3.13. The van der Waals surface area contributed by atoms with Gasteiger partial charge in [0.25, 0.3) is 5.56 Å². The summed E-state index contributed by atoms with van der Waals surface area (Å²) in [6.45, 7) is 6.86. The summed E-state index contributed by atoms with van der Waals surface area (Å²) in [6.07, 6.45) is 0. The Hall–Kier alpha value is -2.49. The number of fused-ring (bicyclic) bond motifs is 1. The third-order valence-corrected chi connectivity index (χ3v) is 8.17. The van der Waals surface area contributed by atoms with Crippen molar-refractivity contribution in [3.63, 3.8) is 0 Å². The number of aryl methyl sites for hydroxylation is 1. The van der Waals surface area contributed by atoms with Crippen LogP contribution in [0.5, 0.6) is 0 Å². The Kier molecular flexibility index (Phi) is 5.76. The fourth-order valence-corrected chi connectivity index (χ4v) is 6.45. The zero-order chi connectivity index (χ0) is 22.4. The van der Waals surface area contributed by atoms with Crippen LogP contribution in [0.1, 0.15) is 46.0 Å². The van der Waals surface area contributed by atoms with Gasteiger partial charge in [-0.05, 0) is 44.7 Å². The number of nitrogens with zero attached hydrogens (tertiary/aromatic N) is 2. The molecule has 0 aliphatic carbocycles. The first kappa shape index (κ1) is 21.7. The van der Waals surface area contributed by atoms with Crippen molar-refractivity contribution in [2.75, 3.05) is 0 Å². The number of rotatable bonds is 6. The van der Waals surface area contributed by atoms with Crippen LogP contribution in [0.3, 0.4) is 0 Å². The molecule has 0 radical (unpaired) electrons. The summed E-state index contributed by atoms with van der Waals surface area (Å²) in [5.74, 6) is -0.197. The number of nitrogens with one attached hydrogen (secondary N) is 1. The zero-order valence-corrected chi connectivity index (χ0v) is 20.2. The summed E-state index contributed by atoms with van der Waals surface area (Å²) in [4.78, 5) is 47.6. The molecule has 9 heteroatoms. The van der Waals surface area contributed by atoms with E-state index in [1.165, 1.54) is 34.6 Å². The number of carbonyl (C=O) groups excluding carboxylic acids is 2. The molecule has 6 nitrogen and oxygen atoms in total. The van der Waals surface area contributed by atoms with E-state index in [1.54, 1.807) is 39.2 Å². The molecule has 4 aromatic rings. The molecule has 0 amide bonds. The van der Waals surface area contributed by atoms with Gasteiger partial charge in [-0.2, -0.15) is 0 Å². The standard InChI is InChI=1S/C22H21N3O3S3/c1-10-16(12(3)26)11(2)23-18(10)19(27)13(4)31-22-24-20-17(21(28)25(22)5)14(9-30-20)15-7-6-8-29-15/h6-9,13,23H,1-5H3. The van der Waals surface area contributed by atoms with E-state index in [1.807, 2.05) is 22.9 Å². The number of ketones is 2. The monoisotopic (exact) mass is 471 g/mol. The molecule has 1 atom stereocenters. The minimum absolute atomic E-state index is 0.0700. The Morgan fingerprint density at radius 2 is 2.00 bits per heavy atom. The molecule has 0 fully saturated rings. The van der Waals surface area contributed by atoms with Crippen molar-refractivity contribution in [3.05, 3.63) is 55.8 Å². The average Bonchev–Trinajstić information content (AvgIpc) is 3.43. The van der Waals surface area contributed by atoms with Crippen molar-refractivity contribution < 1.29 is 9.59 Å². The Labute approximate surface area is 191 Å². The van der Waals surface area contributed by atoms with Crippen molar-refractivity contribution in [1.29, 1.82) is 0 Å². The number of aromatic amines is 1. The van der Waals surface area contributed by atoms with Gasteiger partial charge in [0.05, 0.1) is 16.3 Å². The molecule has 0 spiro atoms. The average molecular weight is 472 g/mol. The molecule has 4 aromatic heterocycles. The second-order valence-corrected chi connectivity index (χ2v) is 10.5. The van der Waals surface area contributed by atoms with Crippen LogP contribution >= 0.6 is 34.4 Å². The molecule has 160 valence electrons. The number of H-pyrrole nitrogens is 1.